The molecule has 5 atom stereocenters. The quantitative estimate of drug-likeness (QED) is 0.835. The van der Waals surface area contributed by atoms with Crippen LogP contribution in [0.2, 0.25) is 0 Å². The summed E-state index contributed by atoms with van der Waals surface area (Å²) < 4.78 is 0. The van der Waals surface area contributed by atoms with E-state index in [2.05, 4.69) is 25.7 Å². The molecule has 2 rings (SSSR count). The molecule has 0 spiro atoms. The number of hydrogen-bond acceptors (Lipinski definition) is 2. The second kappa shape index (κ2) is 6.38. The number of nitrogens with two attached hydrogens (primary N) is 1. The highest BCUT2D eigenvalue weighted by atomic mass is 15.2. The van der Waals surface area contributed by atoms with Gasteiger partial charge in [0.05, 0.1) is 0 Å². The van der Waals surface area contributed by atoms with Crippen molar-refractivity contribution in [3.05, 3.63) is 0 Å². The van der Waals surface area contributed by atoms with Crippen molar-refractivity contribution in [1.29, 1.82) is 0 Å². The Kier molecular flexibility index (Phi) is 5.08. The van der Waals surface area contributed by atoms with E-state index in [0.717, 1.165) is 30.3 Å². The van der Waals surface area contributed by atoms with Gasteiger partial charge in [-0.3, -0.25) is 4.90 Å². The maximum atomic E-state index is 6.15. The summed E-state index contributed by atoms with van der Waals surface area (Å²) in [5, 5.41) is 0. The Labute approximate surface area is 113 Å². The summed E-state index contributed by atoms with van der Waals surface area (Å²) in [6.45, 7) is 9.38. The number of piperidine rings is 1. The van der Waals surface area contributed by atoms with Crippen LogP contribution < -0.4 is 5.73 Å². The zero-order valence-corrected chi connectivity index (χ0v) is 12.6. The van der Waals surface area contributed by atoms with Crippen molar-refractivity contribution in [1.82, 2.24) is 4.90 Å². The zero-order valence-electron chi connectivity index (χ0n) is 12.6. The van der Waals surface area contributed by atoms with Crippen LogP contribution >= 0.6 is 0 Å². The van der Waals surface area contributed by atoms with E-state index in [4.69, 9.17) is 5.73 Å². The lowest BCUT2D eigenvalue weighted by Gasteiger charge is -2.47. The Balaban J connectivity index is 2.02. The fourth-order valence-electron chi connectivity index (χ4n) is 4.26. The summed E-state index contributed by atoms with van der Waals surface area (Å²) in [6.07, 6.45) is 8.42. The Hall–Kier alpha value is -0.0800. The van der Waals surface area contributed by atoms with Crippen molar-refractivity contribution in [2.45, 2.75) is 71.4 Å². The number of rotatable bonds is 3. The first kappa shape index (κ1) is 14.3. The molecule has 0 amide bonds. The molecule has 106 valence electrons. The molecule has 1 saturated carbocycles. The Morgan fingerprint density at radius 2 is 1.89 bits per heavy atom. The number of likely N-dealkylation sites (tertiary alicyclic amines) is 1. The fourth-order valence-corrected chi connectivity index (χ4v) is 4.26. The van der Waals surface area contributed by atoms with Crippen LogP contribution in [0.4, 0.5) is 0 Å². The molecular formula is C16H32N2. The third kappa shape index (κ3) is 3.08. The van der Waals surface area contributed by atoms with Gasteiger partial charge in [-0.15, -0.1) is 0 Å². The van der Waals surface area contributed by atoms with Crippen molar-refractivity contribution in [2.75, 3.05) is 13.1 Å². The van der Waals surface area contributed by atoms with Crippen LogP contribution in [0, 0.1) is 17.8 Å². The van der Waals surface area contributed by atoms with Crippen molar-refractivity contribution >= 4 is 0 Å². The highest BCUT2D eigenvalue weighted by Gasteiger charge is 2.35. The number of hydrogen-bond donors (Lipinski definition) is 1. The summed E-state index contributed by atoms with van der Waals surface area (Å²) in [5.41, 5.74) is 6.15. The van der Waals surface area contributed by atoms with Crippen molar-refractivity contribution in [2.24, 2.45) is 23.5 Å². The van der Waals surface area contributed by atoms with Crippen LogP contribution in [-0.2, 0) is 0 Å². The van der Waals surface area contributed by atoms with E-state index in [0.29, 0.717) is 6.04 Å². The summed E-state index contributed by atoms with van der Waals surface area (Å²) in [4.78, 5) is 2.75. The highest BCUT2D eigenvalue weighted by molar-refractivity contribution is 4.90. The molecule has 5 unspecified atom stereocenters. The first-order valence-electron chi connectivity index (χ1n) is 8.09. The average Bonchev–Trinajstić information content (AvgIpc) is 2.35. The van der Waals surface area contributed by atoms with Crippen LogP contribution in [0.3, 0.4) is 0 Å². The van der Waals surface area contributed by atoms with Gasteiger partial charge in [0.1, 0.15) is 0 Å². The molecule has 2 heteroatoms. The van der Waals surface area contributed by atoms with Crippen LogP contribution in [0.25, 0.3) is 0 Å². The Morgan fingerprint density at radius 3 is 2.56 bits per heavy atom. The molecule has 0 aromatic rings. The van der Waals surface area contributed by atoms with Crippen LogP contribution in [0.5, 0.6) is 0 Å². The second-order valence-corrected chi connectivity index (χ2v) is 6.93. The molecule has 2 N–H and O–H groups in total. The smallest absolute Gasteiger partial charge is 0.0249 e. The van der Waals surface area contributed by atoms with Crippen molar-refractivity contribution in [3.63, 3.8) is 0 Å². The average molecular weight is 252 g/mol. The van der Waals surface area contributed by atoms with Gasteiger partial charge in [0, 0.05) is 18.6 Å². The molecule has 0 aromatic heterocycles. The van der Waals surface area contributed by atoms with Gasteiger partial charge in [0.15, 0.2) is 0 Å². The molecule has 2 nitrogen and oxygen atoms in total. The standard InChI is InChI=1S/C16H32N2/c1-12-6-4-8-15(10-12)16(11-17)18-9-5-7-13(2)14(18)3/h12-16H,4-11,17H2,1-3H3. The summed E-state index contributed by atoms with van der Waals surface area (Å²) in [6, 6.07) is 1.37. The van der Waals surface area contributed by atoms with E-state index in [-0.39, 0.29) is 0 Å². The van der Waals surface area contributed by atoms with E-state index in [9.17, 15) is 0 Å². The molecule has 0 radical (unpaired) electrons. The molecular weight excluding hydrogens is 220 g/mol. The molecule has 1 saturated heterocycles. The van der Waals surface area contributed by atoms with Crippen LogP contribution in [-0.4, -0.2) is 30.1 Å². The second-order valence-electron chi connectivity index (χ2n) is 6.93. The molecule has 1 heterocycles. The molecule has 18 heavy (non-hydrogen) atoms. The molecule has 0 bridgehead atoms. The lowest BCUT2D eigenvalue weighted by Crippen LogP contribution is -2.54. The van der Waals surface area contributed by atoms with Gasteiger partial charge in [-0.2, -0.15) is 0 Å². The van der Waals surface area contributed by atoms with Crippen molar-refractivity contribution < 1.29 is 0 Å². The normalized spacial score (nSPS) is 40.7. The Bertz CT molecular complexity index is 253. The summed E-state index contributed by atoms with van der Waals surface area (Å²) >= 11 is 0. The minimum atomic E-state index is 0.644. The lowest BCUT2D eigenvalue weighted by molar-refractivity contribution is 0.0284. The van der Waals surface area contributed by atoms with Gasteiger partial charge in [0.2, 0.25) is 0 Å². The maximum absolute atomic E-state index is 6.15. The van der Waals surface area contributed by atoms with Gasteiger partial charge in [-0.05, 0) is 56.9 Å². The molecule has 2 fully saturated rings. The van der Waals surface area contributed by atoms with Crippen LogP contribution in [0.15, 0.2) is 0 Å². The monoisotopic (exact) mass is 252 g/mol. The molecule has 1 aliphatic heterocycles. The predicted octanol–water partition coefficient (Wildman–Crippen LogP) is 3.26. The predicted molar refractivity (Wildman–Crippen MR) is 78.5 cm³/mol. The van der Waals surface area contributed by atoms with Gasteiger partial charge in [-0.25, -0.2) is 0 Å². The van der Waals surface area contributed by atoms with Gasteiger partial charge in [-0.1, -0.05) is 26.7 Å². The first-order chi connectivity index (χ1) is 8.63. The topological polar surface area (TPSA) is 29.3 Å². The third-order valence-corrected chi connectivity index (χ3v) is 5.61. The van der Waals surface area contributed by atoms with E-state index >= 15 is 0 Å². The van der Waals surface area contributed by atoms with E-state index in [1.807, 2.05) is 0 Å². The zero-order chi connectivity index (χ0) is 13.1. The van der Waals surface area contributed by atoms with E-state index < -0.39 is 0 Å². The SMILES string of the molecule is CC1CCCC(C(CN)N2CCCC(C)C2C)C1. The Morgan fingerprint density at radius 1 is 1.11 bits per heavy atom. The van der Waals surface area contributed by atoms with Crippen LogP contribution in [0.1, 0.15) is 59.3 Å². The van der Waals surface area contributed by atoms with E-state index in [1.54, 1.807) is 0 Å². The van der Waals surface area contributed by atoms with Gasteiger partial charge >= 0.3 is 0 Å². The van der Waals surface area contributed by atoms with E-state index in [1.165, 1.54) is 45.1 Å². The largest absolute Gasteiger partial charge is 0.329 e. The summed E-state index contributed by atoms with van der Waals surface area (Å²) in [5.74, 6) is 2.61. The fraction of sp³-hybridized carbons (Fsp3) is 1.00. The highest BCUT2D eigenvalue weighted by Crippen LogP contribution is 2.35. The number of nitrogens with zero attached hydrogens (tertiary/aromatic N) is 1. The molecule has 0 aromatic carbocycles. The first-order valence-corrected chi connectivity index (χ1v) is 8.09. The van der Waals surface area contributed by atoms with Crippen molar-refractivity contribution in [3.8, 4) is 0 Å². The molecule has 1 aliphatic carbocycles. The van der Waals surface area contributed by atoms with Gasteiger partial charge < -0.3 is 5.73 Å². The minimum Gasteiger partial charge on any atom is -0.329 e. The maximum Gasteiger partial charge on any atom is 0.0249 e. The summed E-state index contributed by atoms with van der Waals surface area (Å²) in [7, 11) is 0. The third-order valence-electron chi connectivity index (χ3n) is 5.61. The van der Waals surface area contributed by atoms with Gasteiger partial charge in [0.25, 0.3) is 0 Å². The molecule has 2 aliphatic rings. The lowest BCUT2D eigenvalue weighted by atomic mass is 9.77. The minimum absolute atomic E-state index is 0.644.